The van der Waals surface area contributed by atoms with E-state index in [1.807, 2.05) is 0 Å². The van der Waals surface area contributed by atoms with Crippen LogP contribution in [0.1, 0.15) is 37.0 Å². The molecule has 1 aromatic rings. The third-order valence-corrected chi connectivity index (χ3v) is 3.14. The minimum atomic E-state index is -0.180. The number of methoxy groups -OCH3 is 1. The molecule has 1 aliphatic rings. The van der Waals surface area contributed by atoms with Crippen LogP contribution in [0.15, 0.2) is 12.1 Å². The zero-order valence-corrected chi connectivity index (χ0v) is 10.5. The number of hydrogen-bond donors (Lipinski definition) is 1. The van der Waals surface area contributed by atoms with E-state index in [1.54, 1.807) is 7.11 Å². The summed E-state index contributed by atoms with van der Waals surface area (Å²) in [7, 11) is 1.74. The van der Waals surface area contributed by atoms with Crippen molar-refractivity contribution in [1.29, 1.82) is 0 Å². The second-order valence-electron chi connectivity index (χ2n) is 5.45. The lowest BCUT2D eigenvalue weighted by molar-refractivity contribution is 0.402. The van der Waals surface area contributed by atoms with E-state index in [-0.39, 0.29) is 5.54 Å². The van der Waals surface area contributed by atoms with E-state index >= 15 is 0 Å². The van der Waals surface area contributed by atoms with Gasteiger partial charge in [0.15, 0.2) is 0 Å². The van der Waals surface area contributed by atoms with Gasteiger partial charge in [-0.1, -0.05) is 6.07 Å². The van der Waals surface area contributed by atoms with Gasteiger partial charge in [0.2, 0.25) is 0 Å². The van der Waals surface area contributed by atoms with Crippen LogP contribution >= 0.6 is 0 Å². The van der Waals surface area contributed by atoms with Gasteiger partial charge >= 0.3 is 0 Å². The Morgan fingerprint density at radius 1 is 1.25 bits per heavy atom. The number of nitrogens with two attached hydrogens (primary N) is 1. The van der Waals surface area contributed by atoms with E-state index in [0.717, 1.165) is 12.2 Å². The average molecular weight is 219 g/mol. The van der Waals surface area contributed by atoms with E-state index in [1.165, 1.54) is 36.0 Å². The van der Waals surface area contributed by atoms with Gasteiger partial charge in [-0.25, -0.2) is 0 Å². The van der Waals surface area contributed by atoms with Gasteiger partial charge in [-0.05, 0) is 62.3 Å². The summed E-state index contributed by atoms with van der Waals surface area (Å²) >= 11 is 0. The highest BCUT2D eigenvalue weighted by molar-refractivity contribution is 5.45. The zero-order valence-electron chi connectivity index (χ0n) is 10.5. The number of aryl methyl sites for hydroxylation is 2. The quantitative estimate of drug-likeness (QED) is 0.847. The summed E-state index contributed by atoms with van der Waals surface area (Å²) in [6, 6.07) is 4.49. The molecule has 0 amide bonds. The standard InChI is InChI=1S/C14H21NO/c1-14(2,15)9-12-7-10-5-4-6-11(10)8-13(12)16-3/h7-8H,4-6,9,15H2,1-3H3. The molecule has 0 heterocycles. The molecule has 0 bridgehead atoms. The highest BCUT2D eigenvalue weighted by Crippen LogP contribution is 2.31. The first-order chi connectivity index (χ1) is 7.49. The Morgan fingerprint density at radius 2 is 1.88 bits per heavy atom. The van der Waals surface area contributed by atoms with Gasteiger partial charge in [-0.3, -0.25) is 0 Å². The predicted molar refractivity (Wildman–Crippen MR) is 67.0 cm³/mol. The first kappa shape index (κ1) is 11.5. The fraction of sp³-hybridized carbons (Fsp3) is 0.571. The minimum absolute atomic E-state index is 0.180. The molecule has 2 rings (SSSR count). The average Bonchev–Trinajstić information content (AvgIpc) is 2.60. The van der Waals surface area contributed by atoms with Crippen LogP contribution in [0.2, 0.25) is 0 Å². The lowest BCUT2D eigenvalue weighted by Crippen LogP contribution is -2.34. The van der Waals surface area contributed by atoms with Crippen LogP contribution < -0.4 is 10.5 Å². The summed E-state index contributed by atoms with van der Waals surface area (Å²) < 4.78 is 5.46. The Hall–Kier alpha value is -1.02. The van der Waals surface area contributed by atoms with Gasteiger partial charge in [0.05, 0.1) is 7.11 Å². The van der Waals surface area contributed by atoms with Gasteiger partial charge in [-0.2, -0.15) is 0 Å². The number of hydrogen-bond acceptors (Lipinski definition) is 2. The molecule has 0 fully saturated rings. The van der Waals surface area contributed by atoms with Crippen molar-refractivity contribution in [2.24, 2.45) is 5.73 Å². The number of fused-ring (bicyclic) bond motifs is 1. The van der Waals surface area contributed by atoms with Crippen LogP contribution in [-0.2, 0) is 19.3 Å². The van der Waals surface area contributed by atoms with E-state index in [2.05, 4.69) is 26.0 Å². The molecule has 0 aliphatic heterocycles. The molecule has 88 valence electrons. The van der Waals surface area contributed by atoms with Crippen molar-refractivity contribution in [1.82, 2.24) is 0 Å². The van der Waals surface area contributed by atoms with Crippen molar-refractivity contribution in [3.8, 4) is 5.75 Å². The summed E-state index contributed by atoms with van der Waals surface area (Å²) in [5.74, 6) is 0.999. The molecule has 2 nitrogen and oxygen atoms in total. The molecular weight excluding hydrogens is 198 g/mol. The van der Waals surface area contributed by atoms with Crippen molar-refractivity contribution in [3.05, 3.63) is 28.8 Å². The molecule has 16 heavy (non-hydrogen) atoms. The SMILES string of the molecule is COc1cc2c(cc1CC(C)(C)N)CCC2. The van der Waals surface area contributed by atoms with Gasteiger partial charge in [0.25, 0.3) is 0 Å². The molecule has 0 saturated heterocycles. The molecule has 0 aromatic heterocycles. The summed E-state index contributed by atoms with van der Waals surface area (Å²) in [4.78, 5) is 0. The maximum absolute atomic E-state index is 6.08. The number of ether oxygens (including phenoxy) is 1. The molecule has 0 saturated carbocycles. The van der Waals surface area contributed by atoms with E-state index in [4.69, 9.17) is 10.5 Å². The topological polar surface area (TPSA) is 35.2 Å². The third-order valence-electron chi connectivity index (χ3n) is 3.14. The lowest BCUT2D eigenvalue weighted by atomic mass is 9.93. The minimum Gasteiger partial charge on any atom is -0.496 e. The van der Waals surface area contributed by atoms with Crippen LogP contribution in [0.5, 0.6) is 5.75 Å². The van der Waals surface area contributed by atoms with Crippen molar-refractivity contribution >= 4 is 0 Å². The van der Waals surface area contributed by atoms with E-state index < -0.39 is 0 Å². The summed E-state index contributed by atoms with van der Waals surface area (Å²) in [6.07, 6.45) is 4.53. The van der Waals surface area contributed by atoms with E-state index in [9.17, 15) is 0 Å². The Bertz CT molecular complexity index is 390. The smallest absolute Gasteiger partial charge is 0.122 e. The Balaban J connectivity index is 2.36. The second-order valence-corrected chi connectivity index (χ2v) is 5.45. The Kier molecular flexibility index (Phi) is 2.94. The predicted octanol–water partition coefficient (Wildman–Crippen LogP) is 2.46. The zero-order chi connectivity index (χ0) is 11.8. The van der Waals surface area contributed by atoms with Crippen LogP contribution in [-0.4, -0.2) is 12.6 Å². The maximum Gasteiger partial charge on any atom is 0.122 e. The van der Waals surface area contributed by atoms with Crippen LogP contribution in [0.25, 0.3) is 0 Å². The summed E-state index contributed by atoms with van der Waals surface area (Å²) in [6.45, 7) is 4.11. The molecular formula is C14H21NO. The van der Waals surface area contributed by atoms with E-state index in [0.29, 0.717) is 0 Å². The third kappa shape index (κ3) is 2.38. The van der Waals surface area contributed by atoms with Crippen LogP contribution in [0, 0.1) is 0 Å². The molecule has 2 N–H and O–H groups in total. The largest absolute Gasteiger partial charge is 0.496 e. The monoisotopic (exact) mass is 219 g/mol. The molecule has 2 heteroatoms. The van der Waals surface area contributed by atoms with Gasteiger partial charge in [-0.15, -0.1) is 0 Å². The molecule has 0 atom stereocenters. The van der Waals surface area contributed by atoms with Crippen LogP contribution in [0.3, 0.4) is 0 Å². The summed E-state index contributed by atoms with van der Waals surface area (Å²) in [5, 5.41) is 0. The normalized spacial score (nSPS) is 15.0. The highest BCUT2D eigenvalue weighted by Gasteiger charge is 2.19. The van der Waals surface area contributed by atoms with Crippen LogP contribution in [0.4, 0.5) is 0 Å². The molecule has 1 aromatic carbocycles. The fourth-order valence-corrected chi connectivity index (χ4v) is 2.47. The second kappa shape index (κ2) is 4.10. The fourth-order valence-electron chi connectivity index (χ4n) is 2.47. The number of benzene rings is 1. The Morgan fingerprint density at radius 3 is 2.44 bits per heavy atom. The number of rotatable bonds is 3. The first-order valence-electron chi connectivity index (χ1n) is 5.97. The van der Waals surface area contributed by atoms with Gasteiger partial charge in [0.1, 0.15) is 5.75 Å². The van der Waals surface area contributed by atoms with Crippen molar-refractivity contribution in [3.63, 3.8) is 0 Å². The van der Waals surface area contributed by atoms with Gasteiger partial charge < -0.3 is 10.5 Å². The first-order valence-corrected chi connectivity index (χ1v) is 5.97. The van der Waals surface area contributed by atoms with Gasteiger partial charge in [0, 0.05) is 5.54 Å². The molecule has 0 radical (unpaired) electrons. The van der Waals surface area contributed by atoms with Crippen molar-refractivity contribution < 1.29 is 4.74 Å². The summed E-state index contributed by atoms with van der Waals surface area (Å²) in [5.41, 5.74) is 10.1. The van der Waals surface area contributed by atoms with Crippen molar-refractivity contribution in [2.75, 3.05) is 7.11 Å². The molecule has 0 unspecified atom stereocenters. The van der Waals surface area contributed by atoms with Crippen molar-refractivity contribution in [2.45, 2.75) is 45.1 Å². The maximum atomic E-state index is 6.08. The highest BCUT2D eigenvalue weighted by atomic mass is 16.5. The lowest BCUT2D eigenvalue weighted by Gasteiger charge is -2.21. The Labute approximate surface area is 97.8 Å². The molecule has 0 spiro atoms. The molecule has 1 aliphatic carbocycles.